The maximum absolute atomic E-state index is 12.1. The van der Waals surface area contributed by atoms with E-state index >= 15 is 0 Å². The maximum Gasteiger partial charge on any atom is 0.161 e. The Balaban J connectivity index is 2.00. The van der Waals surface area contributed by atoms with Crippen molar-refractivity contribution in [3.63, 3.8) is 0 Å². The van der Waals surface area contributed by atoms with Crippen LogP contribution in [-0.2, 0) is 4.57 Å². The van der Waals surface area contributed by atoms with Gasteiger partial charge in [-0.05, 0) is 44.7 Å². The van der Waals surface area contributed by atoms with E-state index in [1.807, 2.05) is 22.7 Å². The molecule has 3 rings (SSSR count). The third-order valence-corrected chi connectivity index (χ3v) is 5.64. The van der Waals surface area contributed by atoms with Gasteiger partial charge in [-0.1, -0.05) is 6.42 Å². The first-order valence-electron chi connectivity index (χ1n) is 7.11. The number of fused-ring (bicyclic) bond motifs is 1. The summed E-state index contributed by atoms with van der Waals surface area (Å²) in [5, 5.41) is 9.44. The highest BCUT2D eigenvalue weighted by atomic mass is 31.2. The largest absolute Gasteiger partial charge is 0.328 e. The fraction of sp³-hybridized carbons (Fsp3) is 0.571. The first-order chi connectivity index (χ1) is 9.45. The van der Waals surface area contributed by atoms with Crippen LogP contribution in [0, 0.1) is 0 Å². The number of aromatic nitrogens is 3. The van der Waals surface area contributed by atoms with Gasteiger partial charge in [-0.15, -0.1) is 10.2 Å². The highest BCUT2D eigenvalue weighted by Crippen LogP contribution is 2.35. The Labute approximate surface area is 119 Å². The zero-order valence-electron chi connectivity index (χ0n) is 12.0. The molecule has 1 aliphatic carbocycles. The fourth-order valence-corrected chi connectivity index (χ4v) is 3.83. The summed E-state index contributed by atoms with van der Waals surface area (Å²) in [6, 6.07) is 4.08. The molecule has 1 fully saturated rings. The van der Waals surface area contributed by atoms with Crippen LogP contribution in [0.3, 0.4) is 0 Å². The molecule has 1 saturated carbocycles. The van der Waals surface area contributed by atoms with Crippen molar-refractivity contribution >= 4 is 18.1 Å². The molecule has 2 atom stereocenters. The second kappa shape index (κ2) is 4.97. The lowest BCUT2D eigenvalue weighted by Gasteiger charge is -2.25. The number of nitrogens with two attached hydrogens (primary N) is 1. The molecule has 2 unspecified atom stereocenters. The molecule has 0 aliphatic heterocycles. The Kier molecular flexibility index (Phi) is 3.43. The third-order valence-electron chi connectivity index (χ3n) is 4.12. The van der Waals surface area contributed by atoms with Crippen molar-refractivity contribution in [2.75, 3.05) is 13.3 Å². The monoisotopic (exact) mass is 292 g/mol. The van der Waals surface area contributed by atoms with Gasteiger partial charge in [0.1, 0.15) is 13.0 Å². The second-order valence-electron chi connectivity index (χ2n) is 6.15. The van der Waals surface area contributed by atoms with Gasteiger partial charge in [-0.3, -0.25) is 4.40 Å². The van der Waals surface area contributed by atoms with Crippen LogP contribution in [-0.4, -0.2) is 34.0 Å². The topological polar surface area (TPSA) is 73.3 Å². The Morgan fingerprint density at radius 3 is 2.85 bits per heavy atom. The summed E-state index contributed by atoms with van der Waals surface area (Å²) >= 11 is 0. The van der Waals surface area contributed by atoms with Gasteiger partial charge < -0.3 is 10.3 Å². The van der Waals surface area contributed by atoms with Gasteiger partial charge >= 0.3 is 0 Å². The smallest absolute Gasteiger partial charge is 0.161 e. The second-order valence-corrected chi connectivity index (χ2v) is 9.36. The SMILES string of the molecule is CP(C)(=O)c1ccn2c(C3CCCC(N)C3)nnc2c1. The average molecular weight is 292 g/mol. The molecule has 0 amide bonds. The molecule has 2 aromatic heterocycles. The van der Waals surface area contributed by atoms with E-state index in [4.69, 9.17) is 5.73 Å². The van der Waals surface area contributed by atoms with Crippen molar-refractivity contribution in [1.82, 2.24) is 14.6 Å². The Hall–Kier alpha value is -1.19. The first-order valence-corrected chi connectivity index (χ1v) is 9.71. The zero-order valence-corrected chi connectivity index (χ0v) is 12.9. The molecule has 0 spiro atoms. The van der Waals surface area contributed by atoms with Crippen molar-refractivity contribution in [1.29, 1.82) is 0 Å². The van der Waals surface area contributed by atoms with Gasteiger partial charge in [0.05, 0.1) is 0 Å². The number of pyridine rings is 1. The van der Waals surface area contributed by atoms with Gasteiger partial charge in [0, 0.05) is 23.5 Å². The fourth-order valence-electron chi connectivity index (χ4n) is 2.97. The van der Waals surface area contributed by atoms with E-state index in [-0.39, 0.29) is 6.04 Å². The quantitative estimate of drug-likeness (QED) is 0.859. The van der Waals surface area contributed by atoms with Crippen LogP contribution in [0.1, 0.15) is 37.4 Å². The lowest BCUT2D eigenvalue weighted by Crippen LogP contribution is -2.27. The lowest BCUT2D eigenvalue weighted by molar-refractivity contribution is 0.380. The maximum atomic E-state index is 12.1. The van der Waals surface area contributed by atoms with Gasteiger partial charge in [-0.2, -0.15) is 0 Å². The third kappa shape index (κ3) is 2.52. The van der Waals surface area contributed by atoms with E-state index in [2.05, 4.69) is 10.2 Å². The molecule has 0 aromatic carbocycles. The molecule has 2 heterocycles. The minimum atomic E-state index is -2.26. The standard InChI is InChI=1S/C14H21N4OP/c1-20(2,19)12-6-7-18-13(9-12)16-17-14(18)10-4-3-5-11(15)8-10/h6-7,9-11H,3-5,8,15H2,1-2H3. The molecule has 2 aromatic rings. The molecule has 1 aliphatic rings. The molecule has 0 radical (unpaired) electrons. The van der Waals surface area contributed by atoms with E-state index in [0.717, 1.165) is 42.5 Å². The summed E-state index contributed by atoms with van der Waals surface area (Å²) in [6.45, 7) is 3.55. The summed E-state index contributed by atoms with van der Waals surface area (Å²) in [7, 11) is -2.26. The predicted molar refractivity (Wildman–Crippen MR) is 81.3 cm³/mol. The van der Waals surface area contributed by atoms with Crippen LogP contribution < -0.4 is 11.0 Å². The van der Waals surface area contributed by atoms with Crippen LogP contribution in [0.4, 0.5) is 0 Å². The predicted octanol–water partition coefficient (Wildman–Crippen LogP) is 1.96. The van der Waals surface area contributed by atoms with Gasteiger partial charge in [0.2, 0.25) is 0 Å². The Morgan fingerprint density at radius 1 is 1.35 bits per heavy atom. The lowest BCUT2D eigenvalue weighted by atomic mass is 9.85. The summed E-state index contributed by atoms with van der Waals surface area (Å²) in [6.07, 6.45) is 6.29. The van der Waals surface area contributed by atoms with E-state index in [0.29, 0.717) is 5.92 Å². The molecular weight excluding hydrogens is 271 g/mol. The minimum absolute atomic E-state index is 0.270. The normalized spacial score (nSPS) is 24.1. The van der Waals surface area contributed by atoms with E-state index in [1.165, 1.54) is 0 Å². The van der Waals surface area contributed by atoms with Crippen LogP contribution >= 0.6 is 7.14 Å². The summed E-state index contributed by atoms with van der Waals surface area (Å²) < 4.78 is 14.2. The van der Waals surface area contributed by atoms with Crippen molar-refractivity contribution in [2.24, 2.45) is 5.73 Å². The number of hydrogen-bond acceptors (Lipinski definition) is 4. The highest BCUT2D eigenvalue weighted by molar-refractivity contribution is 7.70. The van der Waals surface area contributed by atoms with Crippen molar-refractivity contribution < 1.29 is 4.57 Å². The van der Waals surface area contributed by atoms with E-state index < -0.39 is 7.14 Å². The van der Waals surface area contributed by atoms with Crippen LogP contribution in [0.25, 0.3) is 5.65 Å². The number of hydrogen-bond donors (Lipinski definition) is 1. The van der Waals surface area contributed by atoms with Crippen LogP contribution in [0.5, 0.6) is 0 Å². The molecule has 5 nitrogen and oxygen atoms in total. The van der Waals surface area contributed by atoms with Crippen LogP contribution in [0.15, 0.2) is 18.3 Å². The van der Waals surface area contributed by atoms with Crippen molar-refractivity contribution in [2.45, 2.75) is 37.6 Å². The van der Waals surface area contributed by atoms with Gasteiger partial charge in [0.25, 0.3) is 0 Å². The molecule has 108 valence electrons. The van der Waals surface area contributed by atoms with Crippen molar-refractivity contribution in [3.8, 4) is 0 Å². The molecule has 2 N–H and O–H groups in total. The van der Waals surface area contributed by atoms with Gasteiger partial charge in [-0.25, -0.2) is 0 Å². The molecular formula is C14H21N4OP. The average Bonchev–Trinajstić information content (AvgIpc) is 2.80. The van der Waals surface area contributed by atoms with Crippen molar-refractivity contribution in [3.05, 3.63) is 24.2 Å². The Bertz CT molecular complexity index is 675. The molecule has 6 heteroatoms. The molecule has 0 saturated heterocycles. The van der Waals surface area contributed by atoms with Gasteiger partial charge in [0.15, 0.2) is 5.65 Å². The number of nitrogens with zero attached hydrogens (tertiary/aromatic N) is 3. The van der Waals surface area contributed by atoms with E-state index in [1.54, 1.807) is 13.3 Å². The molecule has 0 bridgehead atoms. The zero-order chi connectivity index (χ0) is 14.3. The minimum Gasteiger partial charge on any atom is -0.328 e. The van der Waals surface area contributed by atoms with E-state index in [9.17, 15) is 4.57 Å². The highest BCUT2D eigenvalue weighted by Gasteiger charge is 2.25. The Morgan fingerprint density at radius 2 is 2.15 bits per heavy atom. The summed E-state index contributed by atoms with van der Waals surface area (Å²) in [4.78, 5) is 0. The first kappa shape index (κ1) is 13.8. The summed E-state index contributed by atoms with van der Waals surface area (Å²) in [5.41, 5.74) is 6.84. The molecule has 20 heavy (non-hydrogen) atoms. The summed E-state index contributed by atoms with van der Waals surface area (Å²) in [5.74, 6) is 1.37. The number of rotatable bonds is 2. The van der Waals surface area contributed by atoms with Crippen LogP contribution in [0.2, 0.25) is 0 Å².